The lowest BCUT2D eigenvalue weighted by Gasteiger charge is -2.30. The molecule has 11 heteroatoms. The van der Waals surface area contributed by atoms with Crippen LogP contribution in [0.1, 0.15) is 41.9 Å². The maximum absolute atomic E-state index is 13.5. The molecule has 1 atom stereocenters. The molecule has 190 valence electrons. The van der Waals surface area contributed by atoms with Crippen molar-refractivity contribution < 1.29 is 31.8 Å². The molecule has 5 rings (SSSR count). The molecule has 0 aliphatic carbocycles. The third-order valence-corrected chi connectivity index (χ3v) is 6.86. The smallest absolute Gasteiger partial charge is 0.416 e. The first-order valence-corrected chi connectivity index (χ1v) is 12.3. The normalized spacial score (nSPS) is 18.3. The number of rotatable bonds is 6. The van der Waals surface area contributed by atoms with Crippen molar-refractivity contribution in [2.45, 2.75) is 42.4 Å². The van der Waals surface area contributed by atoms with Gasteiger partial charge in [0.15, 0.2) is 5.82 Å². The van der Waals surface area contributed by atoms with Crippen LogP contribution in [0.15, 0.2) is 53.7 Å². The van der Waals surface area contributed by atoms with Crippen molar-refractivity contribution in [1.82, 2.24) is 9.97 Å². The van der Waals surface area contributed by atoms with Crippen LogP contribution in [-0.4, -0.2) is 35.9 Å². The van der Waals surface area contributed by atoms with Crippen LogP contribution in [0, 0.1) is 5.82 Å². The predicted molar refractivity (Wildman–Crippen MR) is 126 cm³/mol. The van der Waals surface area contributed by atoms with Crippen molar-refractivity contribution in [2.75, 3.05) is 24.5 Å². The van der Waals surface area contributed by atoms with Crippen molar-refractivity contribution in [2.24, 2.45) is 0 Å². The summed E-state index contributed by atoms with van der Waals surface area (Å²) in [5.41, 5.74) is 0.846. The second kappa shape index (κ2) is 10.5. The third-order valence-electron chi connectivity index (χ3n) is 6.08. The Morgan fingerprint density at radius 1 is 0.944 bits per heavy atom. The molecule has 3 aromatic rings. The van der Waals surface area contributed by atoms with Crippen molar-refractivity contribution in [3.63, 3.8) is 0 Å². The van der Waals surface area contributed by atoms with Gasteiger partial charge in [-0.2, -0.15) is 13.2 Å². The molecule has 2 aromatic carbocycles. The number of aromatic nitrogens is 2. The molecule has 3 heterocycles. The third kappa shape index (κ3) is 5.67. The predicted octanol–water partition coefficient (Wildman–Crippen LogP) is 6.23. The van der Waals surface area contributed by atoms with E-state index < -0.39 is 17.6 Å². The van der Waals surface area contributed by atoms with Crippen molar-refractivity contribution in [3.05, 3.63) is 71.3 Å². The molecule has 1 fully saturated rings. The number of anilines is 1. The number of fused-ring (bicyclic) bond motifs is 1. The quantitative estimate of drug-likeness (QED) is 0.305. The Morgan fingerprint density at radius 2 is 1.69 bits per heavy atom. The average Bonchev–Trinajstić information content (AvgIpc) is 2.88. The zero-order chi connectivity index (χ0) is 25.1. The molecule has 0 bridgehead atoms. The Morgan fingerprint density at radius 3 is 2.44 bits per heavy atom. The van der Waals surface area contributed by atoms with Crippen LogP contribution in [0.5, 0.6) is 11.5 Å². The standard InChI is InChI=1S/C25H23F4N3O3S/c26-16-13-30-24(31-14-16)32-36-18-2-4-20-19(7-10-34-22(20)12-18)21-3-1-15(25(27,28)29)11-23(21)35-17-5-8-33-9-6-17/h1-4,11-14,17,19H,5-10H2,(H,30,31,32). The van der Waals surface area contributed by atoms with Gasteiger partial charge in [-0.1, -0.05) is 12.1 Å². The summed E-state index contributed by atoms with van der Waals surface area (Å²) in [6, 6.07) is 9.38. The Bertz CT molecular complexity index is 1200. The number of hydrogen-bond donors (Lipinski definition) is 1. The van der Waals surface area contributed by atoms with E-state index in [1.807, 2.05) is 18.2 Å². The summed E-state index contributed by atoms with van der Waals surface area (Å²) < 4.78 is 73.8. The molecule has 1 saturated heterocycles. The number of hydrogen-bond acceptors (Lipinski definition) is 7. The van der Waals surface area contributed by atoms with Gasteiger partial charge in [0.2, 0.25) is 5.95 Å². The highest BCUT2D eigenvalue weighted by Crippen LogP contribution is 2.45. The highest BCUT2D eigenvalue weighted by Gasteiger charge is 2.34. The molecule has 0 saturated carbocycles. The number of benzene rings is 2. The molecular weight excluding hydrogens is 498 g/mol. The van der Waals surface area contributed by atoms with E-state index in [0.29, 0.717) is 50.4 Å². The molecule has 6 nitrogen and oxygen atoms in total. The fourth-order valence-corrected chi connectivity index (χ4v) is 4.92. The van der Waals surface area contributed by atoms with Crippen LogP contribution in [0.3, 0.4) is 0 Å². The van der Waals surface area contributed by atoms with Gasteiger partial charge < -0.3 is 14.2 Å². The zero-order valence-electron chi connectivity index (χ0n) is 19.1. The van der Waals surface area contributed by atoms with Crippen LogP contribution < -0.4 is 14.2 Å². The van der Waals surface area contributed by atoms with E-state index in [1.165, 1.54) is 18.0 Å². The fourth-order valence-electron chi connectivity index (χ4n) is 4.30. The van der Waals surface area contributed by atoms with Gasteiger partial charge in [0.25, 0.3) is 0 Å². The topological polar surface area (TPSA) is 65.5 Å². The SMILES string of the molecule is Fc1cnc(NSc2ccc3c(c2)OCCC3c2ccc(C(F)(F)F)cc2OC2CCOCC2)nc1. The number of nitrogens with one attached hydrogen (secondary N) is 1. The first kappa shape index (κ1) is 24.6. The Hall–Kier alpha value is -3.05. The van der Waals surface area contributed by atoms with Crippen molar-refractivity contribution in [1.29, 1.82) is 0 Å². The first-order chi connectivity index (χ1) is 17.4. The molecule has 0 amide bonds. The molecule has 1 N–H and O–H groups in total. The van der Waals surface area contributed by atoms with Crippen LogP contribution >= 0.6 is 11.9 Å². The Labute approximate surface area is 209 Å². The van der Waals surface area contributed by atoms with E-state index in [2.05, 4.69) is 14.7 Å². The number of ether oxygens (including phenoxy) is 3. The number of halogens is 4. The first-order valence-electron chi connectivity index (χ1n) is 11.5. The van der Waals surface area contributed by atoms with E-state index in [0.717, 1.165) is 35.0 Å². The lowest BCUT2D eigenvalue weighted by Crippen LogP contribution is -2.27. The van der Waals surface area contributed by atoms with Gasteiger partial charge in [0.05, 0.1) is 37.8 Å². The van der Waals surface area contributed by atoms with E-state index in [1.54, 1.807) is 0 Å². The monoisotopic (exact) mass is 521 g/mol. The molecule has 1 unspecified atom stereocenters. The van der Waals surface area contributed by atoms with Crippen LogP contribution in [0.2, 0.25) is 0 Å². The number of nitrogens with zero attached hydrogens (tertiary/aromatic N) is 2. The van der Waals surface area contributed by atoms with Gasteiger partial charge in [-0.3, -0.25) is 4.72 Å². The highest BCUT2D eigenvalue weighted by atomic mass is 32.2. The van der Waals surface area contributed by atoms with Gasteiger partial charge in [0.1, 0.15) is 17.6 Å². The molecule has 2 aliphatic heterocycles. The zero-order valence-corrected chi connectivity index (χ0v) is 19.9. The van der Waals surface area contributed by atoms with Crippen LogP contribution in [0.4, 0.5) is 23.5 Å². The van der Waals surface area contributed by atoms with Crippen LogP contribution in [-0.2, 0) is 10.9 Å². The highest BCUT2D eigenvalue weighted by molar-refractivity contribution is 8.00. The molecule has 36 heavy (non-hydrogen) atoms. The summed E-state index contributed by atoms with van der Waals surface area (Å²) in [5, 5.41) is 0. The van der Waals surface area contributed by atoms with E-state index >= 15 is 0 Å². The van der Waals surface area contributed by atoms with Gasteiger partial charge in [-0.05, 0) is 42.6 Å². The second-order valence-electron chi connectivity index (χ2n) is 8.50. The summed E-state index contributed by atoms with van der Waals surface area (Å²) in [6.45, 7) is 1.46. The van der Waals surface area contributed by atoms with E-state index in [4.69, 9.17) is 14.2 Å². The lowest BCUT2D eigenvalue weighted by molar-refractivity contribution is -0.137. The van der Waals surface area contributed by atoms with E-state index in [9.17, 15) is 17.6 Å². The summed E-state index contributed by atoms with van der Waals surface area (Å²) >= 11 is 1.24. The molecule has 0 spiro atoms. The molecule has 0 radical (unpaired) electrons. The minimum absolute atomic E-state index is 0.182. The number of alkyl halides is 3. The van der Waals surface area contributed by atoms with Crippen LogP contribution in [0.25, 0.3) is 0 Å². The van der Waals surface area contributed by atoms with Gasteiger partial charge in [0, 0.05) is 34.8 Å². The minimum Gasteiger partial charge on any atom is -0.493 e. The molecular formula is C25H23F4N3O3S. The van der Waals surface area contributed by atoms with Gasteiger partial charge in [-0.15, -0.1) is 0 Å². The Balaban J connectivity index is 1.41. The van der Waals surface area contributed by atoms with Gasteiger partial charge in [-0.25, -0.2) is 14.4 Å². The second-order valence-corrected chi connectivity index (χ2v) is 9.38. The summed E-state index contributed by atoms with van der Waals surface area (Å²) in [7, 11) is 0. The maximum atomic E-state index is 13.5. The summed E-state index contributed by atoms with van der Waals surface area (Å²) in [6.07, 6.45) is -0.652. The minimum atomic E-state index is -4.47. The fraction of sp³-hybridized carbons (Fsp3) is 0.360. The maximum Gasteiger partial charge on any atom is 0.416 e. The molecule has 1 aromatic heterocycles. The van der Waals surface area contributed by atoms with Crippen molar-refractivity contribution in [3.8, 4) is 11.5 Å². The van der Waals surface area contributed by atoms with E-state index in [-0.39, 0.29) is 23.7 Å². The summed E-state index contributed by atoms with van der Waals surface area (Å²) in [5.74, 6) is 0.455. The lowest BCUT2D eigenvalue weighted by atomic mass is 9.85. The Kier molecular flexibility index (Phi) is 7.20. The average molecular weight is 522 g/mol. The van der Waals surface area contributed by atoms with Gasteiger partial charge >= 0.3 is 6.18 Å². The largest absolute Gasteiger partial charge is 0.493 e. The van der Waals surface area contributed by atoms with Crippen molar-refractivity contribution >= 4 is 17.9 Å². The molecule has 2 aliphatic rings. The summed E-state index contributed by atoms with van der Waals surface area (Å²) in [4.78, 5) is 8.54.